The maximum atomic E-state index is 13.2. The van der Waals surface area contributed by atoms with Crippen LogP contribution in [0.2, 0.25) is 0 Å². The van der Waals surface area contributed by atoms with E-state index < -0.39 is 0 Å². The van der Waals surface area contributed by atoms with Gasteiger partial charge in [-0.1, -0.05) is 91.0 Å². The summed E-state index contributed by atoms with van der Waals surface area (Å²) >= 11 is 0. The van der Waals surface area contributed by atoms with E-state index in [2.05, 4.69) is 60.7 Å². The molecule has 0 fully saturated rings. The lowest BCUT2D eigenvalue weighted by molar-refractivity contribution is 0.102. The standard InChI is InChI=1S/C25H20O/c26-25(18-11-5-2-6-12-18)24-16-22-19-13-7-8-14-20(19)23(24)15-21(22)17-9-3-1-4-10-17/h1-14,16,21-23H,15H2. The molecule has 0 N–H and O–H groups in total. The van der Waals surface area contributed by atoms with Crippen molar-refractivity contribution in [2.45, 2.75) is 24.2 Å². The molecule has 1 nitrogen and oxygen atoms in total. The molecular formula is C25H20O. The van der Waals surface area contributed by atoms with Crippen LogP contribution in [0.15, 0.2) is 96.6 Å². The Bertz CT molecular complexity index is 985. The highest BCUT2D eigenvalue weighted by molar-refractivity contribution is 6.10. The van der Waals surface area contributed by atoms with Crippen LogP contribution in [0.25, 0.3) is 0 Å². The van der Waals surface area contributed by atoms with Gasteiger partial charge in [0.2, 0.25) is 0 Å². The van der Waals surface area contributed by atoms with Crippen LogP contribution in [0.5, 0.6) is 0 Å². The molecule has 3 aliphatic carbocycles. The zero-order valence-corrected chi connectivity index (χ0v) is 14.5. The number of hydrogen-bond acceptors (Lipinski definition) is 1. The van der Waals surface area contributed by atoms with Gasteiger partial charge in [0.25, 0.3) is 0 Å². The van der Waals surface area contributed by atoms with Crippen molar-refractivity contribution in [3.05, 3.63) is 119 Å². The van der Waals surface area contributed by atoms with Crippen molar-refractivity contribution in [1.82, 2.24) is 0 Å². The van der Waals surface area contributed by atoms with Crippen molar-refractivity contribution < 1.29 is 4.79 Å². The molecule has 0 saturated carbocycles. The maximum Gasteiger partial charge on any atom is 0.189 e. The van der Waals surface area contributed by atoms with Gasteiger partial charge in [0.15, 0.2) is 5.78 Å². The molecule has 3 aromatic rings. The molecule has 0 saturated heterocycles. The summed E-state index contributed by atoms with van der Waals surface area (Å²) in [5.74, 6) is 1.10. The Morgan fingerprint density at radius 3 is 2.08 bits per heavy atom. The molecule has 126 valence electrons. The summed E-state index contributed by atoms with van der Waals surface area (Å²) in [6.07, 6.45) is 3.26. The molecule has 3 aromatic carbocycles. The first-order valence-electron chi connectivity index (χ1n) is 9.28. The number of fused-ring (bicyclic) bond motifs is 1. The zero-order valence-electron chi connectivity index (χ0n) is 14.5. The van der Waals surface area contributed by atoms with Crippen molar-refractivity contribution in [2.24, 2.45) is 0 Å². The van der Waals surface area contributed by atoms with E-state index in [0.29, 0.717) is 5.92 Å². The minimum atomic E-state index is 0.182. The van der Waals surface area contributed by atoms with Crippen LogP contribution in [0.1, 0.15) is 51.2 Å². The Morgan fingerprint density at radius 1 is 0.731 bits per heavy atom. The summed E-state index contributed by atoms with van der Waals surface area (Å²) in [4.78, 5) is 13.2. The Kier molecular flexibility index (Phi) is 3.60. The Balaban J connectivity index is 1.61. The number of rotatable bonds is 3. The molecule has 1 heteroatoms. The van der Waals surface area contributed by atoms with Gasteiger partial charge in [0, 0.05) is 23.0 Å². The number of carbonyl (C=O) groups excluding carboxylic acids is 1. The van der Waals surface area contributed by atoms with Crippen LogP contribution < -0.4 is 0 Å². The largest absolute Gasteiger partial charge is 0.289 e. The Labute approximate surface area is 154 Å². The number of carbonyl (C=O) groups is 1. The van der Waals surface area contributed by atoms with E-state index in [-0.39, 0.29) is 17.6 Å². The fraction of sp³-hybridized carbons (Fsp3) is 0.160. The van der Waals surface area contributed by atoms with Gasteiger partial charge in [0.05, 0.1) is 0 Å². The minimum absolute atomic E-state index is 0.182. The van der Waals surface area contributed by atoms with Gasteiger partial charge in [-0.15, -0.1) is 0 Å². The van der Waals surface area contributed by atoms with E-state index in [9.17, 15) is 4.79 Å². The van der Waals surface area contributed by atoms with Crippen molar-refractivity contribution in [3.8, 4) is 0 Å². The van der Waals surface area contributed by atoms with Crippen LogP contribution in [0, 0.1) is 0 Å². The normalized spacial score (nSPS) is 23.2. The molecule has 0 aromatic heterocycles. The predicted molar refractivity (Wildman–Crippen MR) is 105 cm³/mol. The van der Waals surface area contributed by atoms with Gasteiger partial charge in [-0.25, -0.2) is 0 Å². The van der Waals surface area contributed by atoms with Crippen LogP contribution in [-0.2, 0) is 0 Å². The molecule has 26 heavy (non-hydrogen) atoms. The second-order valence-corrected chi connectivity index (χ2v) is 7.28. The molecule has 3 unspecified atom stereocenters. The molecule has 0 amide bonds. The number of allylic oxidation sites excluding steroid dienone is 2. The second-order valence-electron chi connectivity index (χ2n) is 7.28. The van der Waals surface area contributed by atoms with Crippen LogP contribution >= 0.6 is 0 Å². The maximum absolute atomic E-state index is 13.2. The predicted octanol–water partition coefficient (Wildman–Crippen LogP) is 5.86. The van der Waals surface area contributed by atoms with E-state index in [1.807, 2.05) is 30.3 Å². The summed E-state index contributed by atoms with van der Waals surface area (Å²) in [6.45, 7) is 0. The average Bonchev–Trinajstić information content (AvgIpc) is 2.74. The van der Waals surface area contributed by atoms with Gasteiger partial charge in [-0.05, 0) is 29.0 Å². The average molecular weight is 336 g/mol. The molecule has 2 bridgehead atoms. The molecular weight excluding hydrogens is 316 g/mol. The summed E-state index contributed by atoms with van der Waals surface area (Å²) in [6, 6.07) is 29.1. The lowest BCUT2D eigenvalue weighted by atomic mass is 9.60. The second kappa shape index (κ2) is 6.10. The van der Waals surface area contributed by atoms with Crippen LogP contribution in [0.3, 0.4) is 0 Å². The lowest BCUT2D eigenvalue weighted by Crippen LogP contribution is -2.30. The number of Topliss-reactive ketones (excluding diaryl/α,β-unsaturated/α-hetero) is 1. The molecule has 0 heterocycles. The van der Waals surface area contributed by atoms with Crippen molar-refractivity contribution in [2.75, 3.05) is 0 Å². The smallest absolute Gasteiger partial charge is 0.189 e. The molecule has 0 spiro atoms. The van der Waals surface area contributed by atoms with Crippen molar-refractivity contribution in [1.29, 1.82) is 0 Å². The SMILES string of the molecule is O=C(C1=CC2c3ccccc3C1CC2c1ccccc1)c1ccccc1. The van der Waals surface area contributed by atoms with Gasteiger partial charge < -0.3 is 0 Å². The van der Waals surface area contributed by atoms with Crippen molar-refractivity contribution in [3.63, 3.8) is 0 Å². The fourth-order valence-corrected chi connectivity index (χ4v) is 4.72. The Hall–Kier alpha value is -2.93. The Morgan fingerprint density at radius 2 is 1.35 bits per heavy atom. The molecule has 3 aliphatic rings. The van der Waals surface area contributed by atoms with E-state index in [4.69, 9.17) is 0 Å². The first-order valence-corrected chi connectivity index (χ1v) is 9.28. The van der Waals surface area contributed by atoms with Gasteiger partial charge in [0.1, 0.15) is 0 Å². The number of benzene rings is 3. The lowest BCUT2D eigenvalue weighted by Gasteiger charge is -2.43. The van der Waals surface area contributed by atoms with E-state index >= 15 is 0 Å². The van der Waals surface area contributed by atoms with Gasteiger partial charge in [-0.2, -0.15) is 0 Å². The van der Waals surface area contributed by atoms with Crippen molar-refractivity contribution >= 4 is 5.78 Å². The van der Waals surface area contributed by atoms with Gasteiger partial charge >= 0.3 is 0 Å². The number of ketones is 1. The van der Waals surface area contributed by atoms with Gasteiger partial charge in [-0.3, -0.25) is 4.79 Å². The van der Waals surface area contributed by atoms with E-state index in [1.165, 1.54) is 16.7 Å². The summed E-state index contributed by atoms with van der Waals surface area (Å²) in [5, 5.41) is 0. The minimum Gasteiger partial charge on any atom is -0.289 e. The molecule has 0 aliphatic heterocycles. The third-order valence-corrected chi connectivity index (χ3v) is 5.91. The molecule has 6 rings (SSSR count). The molecule has 3 atom stereocenters. The summed E-state index contributed by atoms with van der Waals surface area (Å²) in [7, 11) is 0. The summed E-state index contributed by atoms with van der Waals surface area (Å²) in [5.41, 5.74) is 5.88. The fourth-order valence-electron chi connectivity index (χ4n) is 4.72. The molecule has 0 radical (unpaired) electrons. The van der Waals surface area contributed by atoms with Crippen LogP contribution in [-0.4, -0.2) is 5.78 Å². The number of hydrogen-bond donors (Lipinski definition) is 0. The van der Waals surface area contributed by atoms with E-state index in [0.717, 1.165) is 17.6 Å². The topological polar surface area (TPSA) is 17.1 Å². The third kappa shape index (κ3) is 2.35. The zero-order chi connectivity index (χ0) is 17.5. The summed E-state index contributed by atoms with van der Waals surface area (Å²) < 4.78 is 0. The monoisotopic (exact) mass is 336 g/mol. The first kappa shape index (κ1) is 15.3. The van der Waals surface area contributed by atoms with Crippen LogP contribution in [0.4, 0.5) is 0 Å². The highest BCUT2D eigenvalue weighted by Gasteiger charge is 2.42. The quantitative estimate of drug-likeness (QED) is 0.547. The third-order valence-electron chi connectivity index (χ3n) is 5.91. The highest BCUT2D eigenvalue weighted by Crippen LogP contribution is 2.55. The van der Waals surface area contributed by atoms with E-state index in [1.54, 1.807) is 0 Å². The highest BCUT2D eigenvalue weighted by atomic mass is 16.1. The first-order chi connectivity index (χ1) is 12.8.